The lowest BCUT2D eigenvalue weighted by Crippen LogP contribution is -2.29. The van der Waals surface area contributed by atoms with Crippen LogP contribution < -0.4 is 5.84 Å². The van der Waals surface area contributed by atoms with Crippen molar-refractivity contribution in [2.45, 2.75) is 58.1 Å². The first-order valence-corrected chi connectivity index (χ1v) is 7.22. The molecule has 3 atom stereocenters. The van der Waals surface area contributed by atoms with E-state index in [1.54, 1.807) is 0 Å². The number of ether oxygens (including phenoxy) is 2. The molecule has 1 fully saturated rings. The standard InChI is InChI=1S/C14H26N4O3/c1-14(2,3)21-12(15)9-5-6-10(13(19)20-4)8-11(7-9)17-18-16/h9-11,15H,5-8H2,1-4H3,(H2,16,17)/t9?,10-,11+/m0/s1. The van der Waals surface area contributed by atoms with Gasteiger partial charge in [-0.2, -0.15) is 5.11 Å². The zero-order valence-electron chi connectivity index (χ0n) is 13.3. The Morgan fingerprint density at radius 1 is 1.24 bits per heavy atom. The van der Waals surface area contributed by atoms with Gasteiger partial charge in [-0.15, -0.1) is 0 Å². The number of nitrogens with one attached hydrogen (secondary N) is 1. The second-order valence-electron chi connectivity index (χ2n) is 6.43. The van der Waals surface area contributed by atoms with Gasteiger partial charge in [0, 0.05) is 5.92 Å². The van der Waals surface area contributed by atoms with Gasteiger partial charge in [0.2, 0.25) is 0 Å². The Hall–Kier alpha value is -1.66. The van der Waals surface area contributed by atoms with Crippen LogP contribution in [0.15, 0.2) is 10.3 Å². The second kappa shape index (κ2) is 7.38. The number of hydrogen-bond donors (Lipinski definition) is 2. The first-order valence-electron chi connectivity index (χ1n) is 7.22. The molecule has 3 N–H and O–H groups in total. The Morgan fingerprint density at radius 3 is 2.33 bits per heavy atom. The van der Waals surface area contributed by atoms with E-state index in [-0.39, 0.29) is 29.7 Å². The van der Waals surface area contributed by atoms with Gasteiger partial charge in [-0.3, -0.25) is 10.2 Å². The van der Waals surface area contributed by atoms with E-state index in [9.17, 15) is 4.79 Å². The number of nitrogens with zero attached hydrogens (tertiary/aromatic N) is 2. The van der Waals surface area contributed by atoms with Crippen molar-refractivity contribution in [2.75, 3.05) is 7.11 Å². The molecule has 0 aromatic carbocycles. The molecule has 0 aromatic rings. The van der Waals surface area contributed by atoms with Crippen molar-refractivity contribution in [1.29, 1.82) is 5.41 Å². The van der Waals surface area contributed by atoms with E-state index in [0.29, 0.717) is 25.7 Å². The zero-order valence-corrected chi connectivity index (χ0v) is 13.3. The molecule has 21 heavy (non-hydrogen) atoms. The van der Waals surface area contributed by atoms with Crippen molar-refractivity contribution in [3.63, 3.8) is 0 Å². The smallest absolute Gasteiger partial charge is 0.308 e. The van der Waals surface area contributed by atoms with E-state index in [1.807, 2.05) is 20.8 Å². The Labute approximate surface area is 125 Å². The fraction of sp³-hybridized carbons (Fsp3) is 0.857. The summed E-state index contributed by atoms with van der Waals surface area (Å²) in [5.41, 5.74) is -0.407. The molecule has 1 aliphatic rings. The molecule has 1 aliphatic carbocycles. The van der Waals surface area contributed by atoms with E-state index in [1.165, 1.54) is 7.11 Å². The number of methoxy groups -OCH3 is 1. The molecule has 0 aliphatic heterocycles. The van der Waals surface area contributed by atoms with Crippen LogP contribution in [0.5, 0.6) is 0 Å². The van der Waals surface area contributed by atoms with Crippen LogP contribution in [0.2, 0.25) is 0 Å². The third kappa shape index (κ3) is 5.69. The maximum absolute atomic E-state index is 11.8. The maximum atomic E-state index is 11.8. The van der Waals surface area contributed by atoms with Crippen LogP contribution in [0.1, 0.15) is 46.5 Å². The molecule has 120 valence electrons. The fourth-order valence-corrected chi connectivity index (χ4v) is 2.61. The lowest BCUT2D eigenvalue weighted by Gasteiger charge is -2.26. The highest BCUT2D eigenvalue weighted by molar-refractivity contribution is 5.76. The predicted molar refractivity (Wildman–Crippen MR) is 78.9 cm³/mol. The van der Waals surface area contributed by atoms with Gasteiger partial charge in [-0.05, 0) is 46.5 Å². The van der Waals surface area contributed by atoms with Crippen molar-refractivity contribution in [2.24, 2.45) is 28.0 Å². The summed E-state index contributed by atoms with van der Waals surface area (Å²) in [6.45, 7) is 5.73. The first kappa shape index (κ1) is 17.4. The summed E-state index contributed by atoms with van der Waals surface area (Å²) in [6, 6.07) is -0.185. The molecule has 0 saturated heterocycles. The summed E-state index contributed by atoms with van der Waals surface area (Å²) in [6.07, 6.45) is 2.52. The Morgan fingerprint density at radius 2 is 1.81 bits per heavy atom. The molecule has 0 radical (unpaired) electrons. The summed E-state index contributed by atoms with van der Waals surface area (Å²) in [5, 5.41) is 15.5. The maximum Gasteiger partial charge on any atom is 0.308 e. The van der Waals surface area contributed by atoms with Crippen molar-refractivity contribution >= 4 is 11.9 Å². The topological polar surface area (TPSA) is 110 Å². The lowest BCUT2D eigenvalue weighted by atomic mass is 9.97. The molecular weight excluding hydrogens is 272 g/mol. The molecule has 0 bridgehead atoms. The summed E-state index contributed by atoms with van der Waals surface area (Å²) < 4.78 is 10.5. The average molecular weight is 298 g/mol. The summed E-state index contributed by atoms with van der Waals surface area (Å²) in [5.74, 6) is 4.85. The van der Waals surface area contributed by atoms with Crippen molar-refractivity contribution in [1.82, 2.24) is 0 Å². The van der Waals surface area contributed by atoms with Crippen LogP contribution in [-0.4, -0.2) is 30.6 Å². The van der Waals surface area contributed by atoms with E-state index in [4.69, 9.17) is 20.7 Å². The molecule has 1 unspecified atom stereocenters. The number of nitrogens with two attached hydrogens (primary N) is 1. The van der Waals surface area contributed by atoms with Crippen LogP contribution >= 0.6 is 0 Å². The summed E-state index contributed by atoms with van der Waals surface area (Å²) in [7, 11) is 1.38. The Balaban J connectivity index is 2.80. The van der Waals surface area contributed by atoms with Gasteiger partial charge in [0.25, 0.3) is 0 Å². The van der Waals surface area contributed by atoms with E-state index in [0.717, 1.165) is 0 Å². The van der Waals surface area contributed by atoms with Crippen LogP contribution in [-0.2, 0) is 14.3 Å². The zero-order chi connectivity index (χ0) is 16.0. The average Bonchev–Trinajstić information content (AvgIpc) is 2.59. The molecule has 7 heteroatoms. The van der Waals surface area contributed by atoms with Crippen molar-refractivity contribution in [3.8, 4) is 0 Å². The largest absolute Gasteiger partial charge is 0.475 e. The van der Waals surface area contributed by atoms with Crippen LogP contribution in [0, 0.1) is 17.2 Å². The molecule has 1 saturated carbocycles. The van der Waals surface area contributed by atoms with Crippen LogP contribution in [0.3, 0.4) is 0 Å². The Kier molecular flexibility index (Phi) is 6.11. The summed E-state index contributed by atoms with van der Waals surface area (Å²) in [4.78, 5) is 11.8. The van der Waals surface area contributed by atoms with Crippen molar-refractivity contribution < 1.29 is 14.3 Å². The van der Waals surface area contributed by atoms with E-state index in [2.05, 4.69) is 10.3 Å². The summed E-state index contributed by atoms with van der Waals surface area (Å²) >= 11 is 0. The van der Waals surface area contributed by atoms with Gasteiger partial charge >= 0.3 is 5.97 Å². The van der Waals surface area contributed by atoms with Gasteiger partial charge < -0.3 is 15.3 Å². The highest BCUT2D eigenvalue weighted by atomic mass is 16.5. The first-order chi connectivity index (χ1) is 9.76. The van der Waals surface area contributed by atoms with E-state index < -0.39 is 5.60 Å². The molecule has 7 nitrogen and oxygen atoms in total. The third-order valence-electron chi connectivity index (χ3n) is 3.53. The number of carbonyl (C=O) groups excluding carboxylic acids is 1. The van der Waals surface area contributed by atoms with Gasteiger partial charge in [-0.1, -0.05) is 5.22 Å². The van der Waals surface area contributed by atoms with Crippen LogP contribution in [0.4, 0.5) is 0 Å². The highest BCUT2D eigenvalue weighted by Gasteiger charge is 2.33. The van der Waals surface area contributed by atoms with Crippen LogP contribution in [0.25, 0.3) is 0 Å². The minimum absolute atomic E-state index is 0.0746. The Bertz CT molecular complexity index is 404. The molecule has 0 heterocycles. The third-order valence-corrected chi connectivity index (χ3v) is 3.53. The minimum Gasteiger partial charge on any atom is -0.475 e. The van der Waals surface area contributed by atoms with Crippen molar-refractivity contribution in [3.05, 3.63) is 0 Å². The normalized spacial score (nSPS) is 27.1. The second-order valence-corrected chi connectivity index (χ2v) is 6.43. The van der Waals surface area contributed by atoms with E-state index >= 15 is 0 Å². The number of hydrogen-bond acceptors (Lipinski definition) is 6. The fourth-order valence-electron chi connectivity index (χ4n) is 2.61. The number of rotatable bonds is 3. The molecule has 0 spiro atoms. The van der Waals surface area contributed by atoms with Gasteiger partial charge in [0.05, 0.1) is 19.1 Å². The molecule has 1 rings (SSSR count). The van der Waals surface area contributed by atoms with Gasteiger partial charge in [-0.25, -0.2) is 0 Å². The van der Waals surface area contributed by atoms with Gasteiger partial charge in [0.15, 0.2) is 5.90 Å². The molecular formula is C14H26N4O3. The number of carbonyl (C=O) groups is 1. The minimum atomic E-state index is -0.407. The number of esters is 1. The highest BCUT2D eigenvalue weighted by Crippen LogP contribution is 2.31. The molecule has 0 aromatic heterocycles. The SMILES string of the molecule is COC(=O)[C@H]1CCC(C(=N)OC(C)(C)C)C[C@@H](N=NN)C1. The monoisotopic (exact) mass is 298 g/mol. The quantitative estimate of drug-likeness (QED) is 0.158. The predicted octanol–water partition coefficient (Wildman–Crippen LogP) is 2.45. The lowest BCUT2D eigenvalue weighted by molar-refractivity contribution is -0.146. The molecule has 0 amide bonds. The van der Waals surface area contributed by atoms with Gasteiger partial charge in [0.1, 0.15) is 5.60 Å².